The van der Waals surface area contributed by atoms with Crippen LogP contribution in [0.5, 0.6) is 5.88 Å². The zero-order chi connectivity index (χ0) is 18.0. The topological polar surface area (TPSA) is 101 Å². The Morgan fingerprint density at radius 1 is 1.40 bits per heavy atom. The van der Waals surface area contributed by atoms with Crippen LogP contribution >= 0.6 is 0 Å². The average molecular weight is 355 g/mol. The first-order valence-electron chi connectivity index (χ1n) is 7.08. The second-order valence-electron chi connectivity index (χ2n) is 5.09. The van der Waals surface area contributed by atoms with Crippen molar-refractivity contribution in [1.29, 1.82) is 0 Å². The first-order valence-corrected chi connectivity index (χ1v) is 7.08. The molecule has 132 valence electrons. The number of nitrogens with one attached hydrogen (secondary N) is 2. The number of aromatic amines is 1. The lowest BCUT2D eigenvalue weighted by molar-refractivity contribution is -0.139. The van der Waals surface area contributed by atoms with E-state index in [2.05, 4.69) is 25.7 Å². The molecule has 2 aromatic heterocycles. The number of carbonyl (C=O) groups excluding carboxylic acids is 1. The van der Waals surface area contributed by atoms with Crippen molar-refractivity contribution in [2.45, 2.75) is 25.8 Å². The first kappa shape index (κ1) is 16.7. The van der Waals surface area contributed by atoms with Gasteiger partial charge in [0.15, 0.2) is 0 Å². The van der Waals surface area contributed by atoms with E-state index in [9.17, 15) is 18.0 Å². The summed E-state index contributed by atoms with van der Waals surface area (Å²) in [5.74, 6) is -0.576. The highest BCUT2D eigenvalue weighted by molar-refractivity contribution is 6.05. The maximum atomic E-state index is 13.3. The van der Waals surface area contributed by atoms with Crippen molar-refractivity contribution in [2.24, 2.45) is 5.10 Å². The summed E-state index contributed by atoms with van der Waals surface area (Å²) in [6.07, 6.45) is -3.58. The van der Waals surface area contributed by atoms with Crippen LogP contribution in [-0.4, -0.2) is 33.1 Å². The highest BCUT2D eigenvalue weighted by Gasteiger charge is 2.37. The van der Waals surface area contributed by atoms with Crippen LogP contribution in [0.2, 0.25) is 0 Å². The Balaban J connectivity index is 1.91. The molecule has 2 N–H and O–H groups in total. The molecule has 0 aliphatic carbocycles. The number of cyclic esters (lactones) is 1. The molecule has 0 spiro atoms. The smallest absolute Gasteiger partial charge is 0.428 e. The van der Waals surface area contributed by atoms with Crippen LogP contribution in [0.25, 0.3) is 0 Å². The number of carbonyl (C=O) groups is 1. The molecule has 0 saturated heterocycles. The largest absolute Gasteiger partial charge is 0.471 e. The van der Waals surface area contributed by atoms with Gasteiger partial charge in [0.2, 0.25) is 5.88 Å². The van der Waals surface area contributed by atoms with E-state index in [1.54, 1.807) is 6.07 Å². The fraction of sp³-hybridized carbons (Fsp3) is 0.286. The number of ether oxygens (including phenoxy) is 2. The molecular weight excluding hydrogens is 343 g/mol. The van der Waals surface area contributed by atoms with E-state index in [4.69, 9.17) is 9.47 Å². The summed E-state index contributed by atoms with van der Waals surface area (Å²) in [6, 6.07) is 2.42. The molecule has 2 aromatic rings. The van der Waals surface area contributed by atoms with Crippen LogP contribution in [0, 0.1) is 0 Å². The van der Waals surface area contributed by atoms with E-state index < -0.39 is 29.8 Å². The van der Waals surface area contributed by atoms with Gasteiger partial charge < -0.3 is 9.47 Å². The van der Waals surface area contributed by atoms with Crippen molar-refractivity contribution in [3.05, 3.63) is 41.3 Å². The van der Waals surface area contributed by atoms with Crippen LogP contribution < -0.4 is 10.2 Å². The van der Waals surface area contributed by atoms with Crippen molar-refractivity contribution in [2.75, 3.05) is 0 Å². The normalized spacial score (nSPS) is 17.5. The minimum Gasteiger partial charge on any atom is -0.471 e. The third kappa shape index (κ3) is 3.70. The van der Waals surface area contributed by atoms with Gasteiger partial charge in [-0.3, -0.25) is 5.10 Å². The number of hydrogen-bond acceptors (Lipinski definition) is 6. The summed E-state index contributed by atoms with van der Waals surface area (Å²) in [5.41, 5.74) is 1.60. The quantitative estimate of drug-likeness (QED) is 0.876. The Labute approximate surface area is 139 Å². The predicted molar refractivity (Wildman–Crippen MR) is 77.8 cm³/mol. The van der Waals surface area contributed by atoms with Crippen LogP contribution in [0.15, 0.2) is 29.6 Å². The lowest BCUT2D eigenvalue weighted by atomic mass is 10.1. The van der Waals surface area contributed by atoms with Crippen molar-refractivity contribution in [1.82, 2.24) is 20.6 Å². The number of nitrogens with zero attached hydrogens (tertiary/aromatic N) is 3. The van der Waals surface area contributed by atoms with E-state index >= 15 is 0 Å². The van der Waals surface area contributed by atoms with Gasteiger partial charge >= 0.3 is 12.3 Å². The molecule has 11 heteroatoms. The molecule has 0 bridgehead atoms. The Hall–Kier alpha value is -3.11. The van der Waals surface area contributed by atoms with Crippen molar-refractivity contribution in [3.63, 3.8) is 0 Å². The van der Waals surface area contributed by atoms with Crippen molar-refractivity contribution < 1.29 is 27.4 Å². The van der Waals surface area contributed by atoms with E-state index in [1.165, 1.54) is 19.3 Å². The van der Waals surface area contributed by atoms with Gasteiger partial charge in [0.1, 0.15) is 24.0 Å². The molecule has 25 heavy (non-hydrogen) atoms. The summed E-state index contributed by atoms with van der Waals surface area (Å²) >= 11 is 0. The zero-order valence-corrected chi connectivity index (χ0v) is 12.8. The van der Waals surface area contributed by atoms with Crippen LogP contribution in [0.3, 0.4) is 0 Å². The predicted octanol–water partition coefficient (Wildman–Crippen LogP) is 2.23. The molecule has 1 aliphatic heterocycles. The van der Waals surface area contributed by atoms with E-state index in [0.717, 1.165) is 6.07 Å². The van der Waals surface area contributed by atoms with Gasteiger partial charge in [0, 0.05) is 18.0 Å². The number of H-pyrrole nitrogens is 1. The van der Waals surface area contributed by atoms with Gasteiger partial charge in [0.25, 0.3) is 0 Å². The van der Waals surface area contributed by atoms with E-state index in [-0.39, 0.29) is 17.9 Å². The maximum absolute atomic E-state index is 13.3. The third-order valence-electron chi connectivity index (χ3n) is 3.30. The number of pyridine rings is 1. The fourth-order valence-electron chi connectivity index (χ4n) is 2.16. The van der Waals surface area contributed by atoms with Gasteiger partial charge in [-0.15, -0.1) is 0 Å². The molecule has 3 rings (SSSR count). The summed E-state index contributed by atoms with van der Waals surface area (Å²) in [4.78, 5) is 14.8. The Kier molecular flexibility index (Phi) is 4.30. The summed E-state index contributed by atoms with van der Waals surface area (Å²) in [7, 11) is 0. The standard InChI is InChI=1S/C14H12F3N5O3/c1-7-11(21-22-13(23)25-7)8-4-10(14(15,16)17)12(18-5-8)24-6-9-2-3-19-20-9/h2-5,7H,6H2,1H3,(H,19,20)(H,22,23). The molecule has 1 atom stereocenters. The molecule has 3 heterocycles. The molecule has 0 fully saturated rings. The number of alkyl halides is 3. The number of hydrogen-bond donors (Lipinski definition) is 2. The lowest BCUT2D eigenvalue weighted by Crippen LogP contribution is -2.37. The molecule has 1 amide bonds. The summed E-state index contributed by atoms with van der Waals surface area (Å²) in [5, 5.41) is 10.1. The number of rotatable bonds is 4. The van der Waals surface area contributed by atoms with Crippen molar-refractivity contribution >= 4 is 11.8 Å². The van der Waals surface area contributed by atoms with Crippen LogP contribution in [0.4, 0.5) is 18.0 Å². The van der Waals surface area contributed by atoms with Gasteiger partial charge in [0.05, 0.1) is 5.69 Å². The number of hydrazone groups is 1. The van der Waals surface area contributed by atoms with Crippen LogP contribution in [0.1, 0.15) is 23.7 Å². The molecule has 1 aliphatic rings. The number of aromatic nitrogens is 3. The van der Waals surface area contributed by atoms with Crippen molar-refractivity contribution in [3.8, 4) is 5.88 Å². The second-order valence-corrected chi connectivity index (χ2v) is 5.09. The second kappa shape index (κ2) is 6.42. The zero-order valence-electron chi connectivity index (χ0n) is 12.8. The Morgan fingerprint density at radius 2 is 2.20 bits per heavy atom. The van der Waals surface area contributed by atoms with Gasteiger partial charge in [-0.1, -0.05) is 0 Å². The van der Waals surface area contributed by atoms with E-state index in [1.807, 2.05) is 0 Å². The number of halogens is 3. The SMILES string of the molecule is CC1OC(=O)NN=C1c1cnc(OCc2cc[nH]n2)c(C(F)(F)F)c1. The number of amides is 1. The third-order valence-corrected chi connectivity index (χ3v) is 3.30. The van der Waals surface area contributed by atoms with Gasteiger partial charge in [-0.2, -0.15) is 23.4 Å². The van der Waals surface area contributed by atoms with Crippen LogP contribution in [-0.2, 0) is 17.5 Å². The summed E-state index contributed by atoms with van der Waals surface area (Å²) < 4.78 is 50.0. The molecule has 8 nitrogen and oxygen atoms in total. The molecule has 0 aromatic carbocycles. The lowest BCUT2D eigenvalue weighted by Gasteiger charge is -2.21. The van der Waals surface area contributed by atoms with E-state index in [0.29, 0.717) is 5.69 Å². The highest BCUT2D eigenvalue weighted by Crippen LogP contribution is 2.36. The maximum Gasteiger partial charge on any atom is 0.428 e. The average Bonchev–Trinajstić information content (AvgIpc) is 3.05. The fourth-order valence-corrected chi connectivity index (χ4v) is 2.16. The monoisotopic (exact) mass is 355 g/mol. The van der Waals surface area contributed by atoms with Gasteiger partial charge in [-0.25, -0.2) is 15.2 Å². The molecule has 0 radical (unpaired) electrons. The Bertz CT molecular complexity index is 805. The molecular formula is C14H12F3N5O3. The first-order chi connectivity index (χ1) is 11.8. The van der Waals surface area contributed by atoms with Gasteiger partial charge in [-0.05, 0) is 19.1 Å². The summed E-state index contributed by atoms with van der Waals surface area (Å²) in [6.45, 7) is 1.32. The Morgan fingerprint density at radius 3 is 2.84 bits per heavy atom. The minimum atomic E-state index is -4.69. The molecule has 1 unspecified atom stereocenters. The molecule has 0 saturated carbocycles. The highest BCUT2D eigenvalue weighted by atomic mass is 19.4. The minimum absolute atomic E-state index is 0.0620.